The molecule has 0 heterocycles. The van der Waals surface area contributed by atoms with Gasteiger partial charge in [0.2, 0.25) is 11.8 Å². The van der Waals surface area contributed by atoms with Crippen LogP contribution in [0.2, 0.25) is 0 Å². The lowest BCUT2D eigenvalue weighted by atomic mass is 10.1. The molecule has 0 fully saturated rings. The number of hydrogen-bond donors (Lipinski definition) is 2. The summed E-state index contributed by atoms with van der Waals surface area (Å²) < 4.78 is 0. The number of hydrogen-bond acceptors (Lipinski definition) is 2. The quantitative estimate of drug-likeness (QED) is 0.704. The van der Waals surface area contributed by atoms with Gasteiger partial charge in [0.1, 0.15) is 0 Å². The average Bonchev–Trinajstić information content (AvgIpc) is 2.44. The van der Waals surface area contributed by atoms with Gasteiger partial charge in [-0.2, -0.15) is 0 Å². The van der Waals surface area contributed by atoms with Crippen molar-refractivity contribution in [2.45, 2.75) is 54.4 Å². The highest BCUT2D eigenvalue weighted by molar-refractivity contribution is 5.79. The van der Waals surface area contributed by atoms with Crippen molar-refractivity contribution in [3.63, 3.8) is 0 Å². The van der Waals surface area contributed by atoms with Crippen molar-refractivity contribution in [2.75, 3.05) is 0 Å². The van der Waals surface area contributed by atoms with Gasteiger partial charge in [-0.05, 0) is 25.0 Å². The van der Waals surface area contributed by atoms with Crippen LogP contribution in [0.4, 0.5) is 0 Å². The first kappa shape index (κ1) is 21.5. The maximum absolute atomic E-state index is 11.6. The van der Waals surface area contributed by atoms with Crippen LogP contribution >= 0.6 is 0 Å². The van der Waals surface area contributed by atoms with Crippen LogP contribution in [0.15, 0.2) is 36.2 Å². The molecule has 0 atom stereocenters. The zero-order valence-corrected chi connectivity index (χ0v) is 14.2. The fourth-order valence-corrected chi connectivity index (χ4v) is 1.29. The Morgan fingerprint density at radius 2 is 1.67 bits per heavy atom. The summed E-state index contributed by atoms with van der Waals surface area (Å²) in [6.07, 6.45) is 6.08. The van der Waals surface area contributed by atoms with Crippen molar-refractivity contribution in [3.05, 3.63) is 36.2 Å². The van der Waals surface area contributed by atoms with Gasteiger partial charge in [0, 0.05) is 24.2 Å². The number of amides is 2. The first-order valence-electron chi connectivity index (χ1n) is 7.52. The molecule has 0 aliphatic heterocycles. The van der Waals surface area contributed by atoms with Crippen LogP contribution in [0.5, 0.6) is 0 Å². The molecule has 0 aliphatic carbocycles. The van der Waals surface area contributed by atoms with Gasteiger partial charge >= 0.3 is 0 Å². The molecule has 0 aromatic rings. The van der Waals surface area contributed by atoms with Gasteiger partial charge in [-0.1, -0.05) is 47.3 Å². The van der Waals surface area contributed by atoms with Crippen LogP contribution in [0, 0.1) is 5.92 Å². The summed E-state index contributed by atoms with van der Waals surface area (Å²) in [4.78, 5) is 22.8. The summed E-state index contributed by atoms with van der Waals surface area (Å²) in [5.41, 5.74) is 1.20. The summed E-state index contributed by atoms with van der Waals surface area (Å²) in [7, 11) is 0. The highest BCUT2D eigenvalue weighted by Crippen LogP contribution is 2.02. The molecule has 0 spiro atoms. The molecule has 4 heteroatoms. The second-order valence-electron chi connectivity index (χ2n) is 4.65. The van der Waals surface area contributed by atoms with E-state index in [2.05, 4.69) is 17.2 Å². The van der Waals surface area contributed by atoms with Gasteiger partial charge in [0.05, 0.1) is 0 Å². The van der Waals surface area contributed by atoms with Crippen LogP contribution in [0.3, 0.4) is 0 Å². The van der Waals surface area contributed by atoms with Crippen molar-refractivity contribution in [1.82, 2.24) is 10.6 Å². The van der Waals surface area contributed by atoms with Crippen molar-refractivity contribution in [1.29, 1.82) is 0 Å². The van der Waals surface area contributed by atoms with E-state index >= 15 is 0 Å². The largest absolute Gasteiger partial charge is 0.327 e. The minimum absolute atomic E-state index is 0.0176. The predicted molar refractivity (Wildman–Crippen MR) is 89.4 cm³/mol. The highest BCUT2D eigenvalue weighted by Gasteiger charge is 2.05. The highest BCUT2D eigenvalue weighted by atomic mass is 16.2. The Hall–Kier alpha value is -1.84. The number of carbonyl (C=O) groups excluding carboxylic acids is 2. The number of carbonyl (C=O) groups is 2. The summed E-state index contributed by atoms with van der Waals surface area (Å²) in [5, 5.41) is 5.44. The molecule has 0 aliphatic rings. The molecular weight excluding hydrogens is 264 g/mol. The van der Waals surface area contributed by atoms with Gasteiger partial charge in [0.25, 0.3) is 0 Å². The predicted octanol–water partition coefficient (Wildman–Crippen LogP) is 3.67. The Labute approximate surface area is 129 Å². The molecule has 4 nitrogen and oxygen atoms in total. The summed E-state index contributed by atoms with van der Waals surface area (Å²) in [6.45, 7) is 15.3. The number of rotatable bonds is 7. The van der Waals surface area contributed by atoms with E-state index in [1.165, 1.54) is 0 Å². The van der Waals surface area contributed by atoms with Crippen LogP contribution in [-0.2, 0) is 9.59 Å². The van der Waals surface area contributed by atoms with E-state index in [4.69, 9.17) is 0 Å². The average molecular weight is 294 g/mol. The van der Waals surface area contributed by atoms with E-state index < -0.39 is 0 Å². The molecule has 0 radical (unpaired) electrons. The fraction of sp³-hybridized carbons (Fsp3) is 0.529. The molecule has 0 saturated carbocycles. The molecule has 0 saturated heterocycles. The number of nitrogens with one attached hydrogen (secondary N) is 2. The van der Waals surface area contributed by atoms with Crippen molar-refractivity contribution in [3.8, 4) is 0 Å². The zero-order chi connectivity index (χ0) is 16.8. The van der Waals surface area contributed by atoms with Gasteiger partial charge in [0.15, 0.2) is 0 Å². The Morgan fingerprint density at radius 3 is 2.10 bits per heavy atom. The monoisotopic (exact) mass is 294 g/mol. The molecule has 21 heavy (non-hydrogen) atoms. The molecule has 120 valence electrons. The fourth-order valence-electron chi connectivity index (χ4n) is 1.29. The summed E-state index contributed by atoms with van der Waals surface area (Å²) >= 11 is 0. The second kappa shape index (κ2) is 13.2. The maximum atomic E-state index is 11.6. The van der Waals surface area contributed by atoms with Crippen LogP contribution in [-0.4, -0.2) is 11.8 Å². The molecule has 0 bridgehead atoms. The molecule has 2 amide bonds. The van der Waals surface area contributed by atoms with E-state index in [1.54, 1.807) is 25.2 Å². The zero-order valence-electron chi connectivity index (χ0n) is 14.2. The molecule has 2 N–H and O–H groups in total. The van der Waals surface area contributed by atoms with Gasteiger partial charge in [-0.25, -0.2) is 0 Å². The lowest BCUT2D eigenvalue weighted by Gasteiger charge is -2.08. The lowest BCUT2D eigenvalue weighted by molar-refractivity contribution is -0.121. The van der Waals surface area contributed by atoms with E-state index in [0.717, 1.165) is 0 Å². The van der Waals surface area contributed by atoms with Crippen molar-refractivity contribution < 1.29 is 9.59 Å². The minimum atomic E-state index is -0.0829. The topological polar surface area (TPSA) is 58.2 Å². The Bertz CT molecular complexity index is 394. The SMILES string of the molecule is C=C(/C=C\C(=C/C)NC(=O)CC(C)C)NC(=O)CC.CC. The molecule has 0 aromatic heterocycles. The Balaban J connectivity index is 0. The normalized spacial score (nSPS) is 10.9. The van der Waals surface area contributed by atoms with Gasteiger partial charge in [-0.3, -0.25) is 9.59 Å². The first-order chi connectivity index (χ1) is 9.88. The Morgan fingerprint density at radius 1 is 1.10 bits per heavy atom. The third kappa shape index (κ3) is 12.9. The van der Waals surface area contributed by atoms with E-state index in [1.807, 2.05) is 34.6 Å². The van der Waals surface area contributed by atoms with Gasteiger partial charge in [-0.15, -0.1) is 0 Å². The van der Waals surface area contributed by atoms with E-state index in [-0.39, 0.29) is 11.8 Å². The smallest absolute Gasteiger partial charge is 0.224 e. The van der Waals surface area contributed by atoms with Crippen molar-refractivity contribution in [2.24, 2.45) is 5.92 Å². The first-order valence-corrected chi connectivity index (χ1v) is 7.52. The van der Waals surface area contributed by atoms with Crippen LogP contribution in [0.25, 0.3) is 0 Å². The second-order valence-corrected chi connectivity index (χ2v) is 4.65. The standard InChI is InChI=1S/C15H24N2O2.C2H6/c1-6-13(17-15(19)10-11(3)4)9-8-12(5)16-14(18)7-2;1-2/h6,8-9,11H,5,7,10H2,1-4H3,(H,16,18)(H,17,19);1-2H3/b9-8-,13-6+;. The molecule has 0 rings (SSSR count). The Kier molecular flexibility index (Phi) is 13.4. The van der Waals surface area contributed by atoms with E-state index in [9.17, 15) is 9.59 Å². The number of allylic oxidation sites excluding steroid dienone is 3. The molecule has 0 unspecified atom stereocenters. The summed E-state index contributed by atoms with van der Waals surface area (Å²) in [6, 6.07) is 0. The lowest BCUT2D eigenvalue weighted by Crippen LogP contribution is -2.23. The van der Waals surface area contributed by atoms with Crippen LogP contribution < -0.4 is 10.6 Å². The minimum Gasteiger partial charge on any atom is -0.327 e. The van der Waals surface area contributed by atoms with Gasteiger partial charge < -0.3 is 10.6 Å². The third-order valence-electron chi connectivity index (χ3n) is 2.27. The van der Waals surface area contributed by atoms with Crippen molar-refractivity contribution >= 4 is 11.8 Å². The molecular formula is C17H30N2O2. The van der Waals surface area contributed by atoms with Crippen LogP contribution in [0.1, 0.15) is 54.4 Å². The van der Waals surface area contributed by atoms with E-state index in [0.29, 0.717) is 30.2 Å². The molecule has 0 aromatic carbocycles. The maximum Gasteiger partial charge on any atom is 0.224 e. The third-order valence-corrected chi connectivity index (χ3v) is 2.27. The summed E-state index contributed by atoms with van der Waals surface area (Å²) in [5.74, 6) is 0.220.